The summed E-state index contributed by atoms with van der Waals surface area (Å²) in [5.74, 6) is 0.0806. The lowest BCUT2D eigenvalue weighted by molar-refractivity contribution is -0.144. The van der Waals surface area contributed by atoms with Crippen LogP contribution in [0.25, 0.3) is 6.08 Å². The molecule has 3 rings (SSSR count). The van der Waals surface area contributed by atoms with Gasteiger partial charge in [0.15, 0.2) is 6.10 Å². The molecule has 0 spiro atoms. The van der Waals surface area contributed by atoms with E-state index in [-0.39, 0.29) is 5.78 Å². The van der Waals surface area contributed by atoms with Crippen molar-refractivity contribution in [2.45, 2.75) is 26.5 Å². The van der Waals surface area contributed by atoms with Crippen molar-refractivity contribution in [3.8, 4) is 11.5 Å². The zero-order valence-electron chi connectivity index (χ0n) is 17.7. The number of ether oxygens (including phenoxy) is 2. The largest absolute Gasteiger partial charge is 0.496 e. The third kappa shape index (κ3) is 5.42. The molecule has 1 heterocycles. The first-order chi connectivity index (χ1) is 14.9. The number of nitrogens with zero attached hydrogens (tertiary/aromatic N) is 1. The number of carbonyl (C=O) groups is 2. The molecule has 0 radical (unpaired) electrons. The lowest BCUT2D eigenvalue weighted by atomic mass is 10.1. The van der Waals surface area contributed by atoms with Crippen LogP contribution in [-0.4, -0.2) is 34.6 Å². The van der Waals surface area contributed by atoms with Gasteiger partial charge in [0, 0.05) is 18.3 Å². The number of rotatable bonds is 9. The van der Waals surface area contributed by atoms with E-state index in [1.165, 1.54) is 6.92 Å². The summed E-state index contributed by atoms with van der Waals surface area (Å²) in [6.45, 7) is 3.93. The van der Waals surface area contributed by atoms with Crippen LogP contribution in [0.1, 0.15) is 34.1 Å². The van der Waals surface area contributed by atoms with Crippen molar-refractivity contribution in [1.29, 1.82) is 0 Å². The highest BCUT2D eigenvalue weighted by Gasteiger charge is 2.15. The maximum atomic E-state index is 13.0. The molecule has 0 unspecified atom stereocenters. The molecule has 1 aromatic heterocycles. The second-order valence-electron chi connectivity index (χ2n) is 7.13. The number of carbonyl (C=O) groups excluding carboxylic acids is 1. The number of methoxy groups -OCH3 is 1. The molecule has 0 aliphatic rings. The SMILES string of the molecule is COc1cc(C(=O)c2cccn2CC=Cc2cccc(O[C@@H](C)C(=O)O)c2)ccc1C. The van der Waals surface area contributed by atoms with Gasteiger partial charge in [0.25, 0.3) is 0 Å². The smallest absolute Gasteiger partial charge is 0.344 e. The van der Waals surface area contributed by atoms with Gasteiger partial charge in [-0.25, -0.2) is 4.79 Å². The van der Waals surface area contributed by atoms with Gasteiger partial charge in [-0.3, -0.25) is 4.79 Å². The Morgan fingerprint density at radius 1 is 1.13 bits per heavy atom. The van der Waals surface area contributed by atoms with Crippen molar-refractivity contribution < 1.29 is 24.2 Å². The lowest BCUT2D eigenvalue weighted by Gasteiger charge is -2.10. The number of aryl methyl sites for hydroxylation is 1. The first kappa shape index (κ1) is 21.9. The van der Waals surface area contributed by atoms with Gasteiger partial charge in [0.05, 0.1) is 12.8 Å². The predicted octanol–water partition coefficient (Wildman–Crippen LogP) is 4.60. The second-order valence-corrected chi connectivity index (χ2v) is 7.13. The molecule has 0 fully saturated rings. The van der Waals surface area contributed by atoms with Gasteiger partial charge in [-0.2, -0.15) is 0 Å². The highest BCUT2D eigenvalue weighted by Crippen LogP contribution is 2.21. The third-order valence-corrected chi connectivity index (χ3v) is 4.86. The number of benzene rings is 2. The zero-order valence-corrected chi connectivity index (χ0v) is 17.7. The number of hydrogen-bond acceptors (Lipinski definition) is 4. The minimum absolute atomic E-state index is 0.0743. The van der Waals surface area contributed by atoms with Crippen molar-refractivity contribution in [3.63, 3.8) is 0 Å². The van der Waals surface area contributed by atoms with Crippen LogP contribution in [0.2, 0.25) is 0 Å². The van der Waals surface area contributed by atoms with Crippen LogP contribution in [0.3, 0.4) is 0 Å². The molecule has 3 aromatic rings. The van der Waals surface area contributed by atoms with Crippen LogP contribution in [0.5, 0.6) is 11.5 Å². The summed E-state index contributed by atoms with van der Waals surface area (Å²) in [6.07, 6.45) is 4.78. The molecule has 6 heteroatoms. The number of aromatic nitrogens is 1. The van der Waals surface area contributed by atoms with Gasteiger partial charge in [0.1, 0.15) is 11.5 Å². The highest BCUT2D eigenvalue weighted by atomic mass is 16.5. The Kier molecular flexibility index (Phi) is 6.92. The van der Waals surface area contributed by atoms with E-state index >= 15 is 0 Å². The molecule has 160 valence electrons. The Hall–Kier alpha value is -3.80. The lowest BCUT2D eigenvalue weighted by Crippen LogP contribution is -2.22. The van der Waals surface area contributed by atoms with Crippen LogP contribution in [0.4, 0.5) is 0 Å². The molecule has 0 bridgehead atoms. The third-order valence-electron chi connectivity index (χ3n) is 4.86. The summed E-state index contributed by atoms with van der Waals surface area (Å²) in [5.41, 5.74) is 3.01. The Labute approximate surface area is 181 Å². The molecule has 6 nitrogen and oxygen atoms in total. The number of carboxylic acid groups (broad SMARTS) is 1. The van der Waals surface area contributed by atoms with Crippen LogP contribution in [0.15, 0.2) is 66.9 Å². The summed E-state index contributed by atoms with van der Waals surface area (Å²) in [5, 5.41) is 8.98. The van der Waals surface area contributed by atoms with Gasteiger partial charge in [0.2, 0.25) is 5.78 Å². The number of carboxylic acids is 1. The number of hydrogen-bond donors (Lipinski definition) is 1. The van der Waals surface area contributed by atoms with E-state index in [0.29, 0.717) is 29.3 Å². The zero-order chi connectivity index (χ0) is 22.4. The standard InChI is InChI=1S/C25H25NO5/c1-17-11-12-20(16-23(17)30-3)24(27)22-10-6-14-26(22)13-5-8-19-7-4-9-21(15-19)31-18(2)25(28)29/h4-12,14-16,18H,13H2,1-3H3,(H,28,29)/t18-/m0/s1. The predicted molar refractivity (Wildman–Crippen MR) is 119 cm³/mol. The van der Waals surface area contributed by atoms with Gasteiger partial charge in [-0.15, -0.1) is 0 Å². The van der Waals surface area contributed by atoms with Gasteiger partial charge in [-0.1, -0.05) is 36.4 Å². The Balaban J connectivity index is 1.72. The summed E-state index contributed by atoms with van der Waals surface area (Å²) in [6, 6.07) is 16.3. The van der Waals surface area contributed by atoms with Crippen LogP contribution in [0, 0.1) is 6.92 Å². The Morgan fingerprint density at radius 2 is 1.94 bits per heavy atom. The molecule has 1 atom stereocenters. The fraction of sp³-hybridized carbons (Fsp3) is 0.200. The molecule has 0 amide bonds. The maximum absolute atomic E-state index is 13.0. The van der Waals surface area contributed by atoms with E-state index in [1.807, 2.05) is 48.0 Å². The molecular weight excluding hydrogens is 394 g/mol. The summed E-state index contributed by atoms with van der Waals surface area (Å²) < 4.78 is 12.6. The molecule has 0 saturated carbocycles. The second kappa shape index (κ2) is 9.80. The van der Waals surface area contributed by atoms with Crippen molar-refractivity contribution in [2.24, 2.45) is 0 Å². The molecule has 0 saturated heterocycles. The van der Waals surface area contributed by atoms with Crippen molar-refractivity contribution >= 4 is 17.8 Å². The molecule has 0 aliphatic heterocycles. The average Bonchev–Trinajstić information content (AvgIpc) is 3.22. The van der Waals surface area contributed by atoms with Gasteiger partial charge < -0.3 is 19.1 Å². The van der Waals surface area contributed by atoms with E-state index in [2.05, 4.69) is 0 Å². The van der Waals surface area contributed by atoms with E-state index < -0.39 is 12.1 Å². The monoisotopic (exact) mass is 419 g/mol. The summed E-state index contributed by atoms with van der Waals surface area (Å²) in [7, 11) is 1.59. The normalized spacial score (nSPS) is 12.0. The molecule has 0 aliphatic carbocycles. The number of aliphatic carboxylic acids is 1. The van der Waals surface area contributed by atoms with Gasteiger partial charge in [-0.05, 0) is 55.3 Å². The fourth-order valence-electron chi connectivity index (χ4n) is 3.14. The van der Waals surface area contributed by atoms with Crippen LogP contribution >= 0.6 is 0 Å². The molecule has 2 aromatic carbocycles. The van der Waals surface area contributed by atoms with Crippen molar-refractivity contribution in [1.82, 2.24) is 4.57 Å². The maximum Gasteiger partial charge on any atom is 0.344 e. The van der Waals surface area contributed by atoms with Crippen molar-refractivity contribution in [2.75, 3.05) is 7.11 Å². The first-order valence-corrected chi connectivity index (χ1v) is 9.89. The summed E-state index contributed by atoms with van der Waals surface area (Å²) in [4.78, 5) is 23.9. The van der Waals surface area contributed by atoms with Crippen molar-refractivity contribution in [3.05, 3.63) is 89.3 Å². The quantitative estimate of drug-likeness (QED) is 0.513. The molecule has 1 N–H and O–H groups in total. The molecular formula is C25H25NO5. The first-order valence-electron chi connectivity index (χ1n) is 9.89. The van der Waals surface area contributed by atoms with E-state index in [4.69, 9.17) is 14.6 Å². The van der Waals surface area contributed by atoms with Crippen LogP contribution < -0.4 is 9.47 Å². The topological polar surface area (TPSA) is 77.8 Å². The number of ketones is 1. The van der Waals surface area contributed by atoms with E-state index in [1.54, 1.807) is 43.5 Å². The number of allylic oxidation sites excluding steroid dienone is 1. The van der Waals surface area contributed by atoms with Gasteiger partial charge >= 0.3 is 5.97 Å². The fourth-order valence-corrected chi connectivity index (χ4v) is 3.14. The Morgan fingerprint density at radius 3 is 2.68 bits per heavy atom. The minimum Gasteiger partial charge on any atom is -0.496 e. The highest BCUT2D eigenvalue weighted by molar-refractivity contribution is 6.08. The van der Waals surface area contributed by atoms with E-state index in [0.717, 1.165) is 11.1 Å². The van der Waals surface area contributed by atoms with E-state index in [9.17, 15) is 9.59 Å². The van der Waals surface area contributed by atoms with Crippen LogP contribution in [-0.2, 0) is 11.3 Å². The summed E-state index contributed by atoms with van der Waals surface area (Å²) >= 11 is 0. The average molecular weight is 419 g/mol. The minimum atomic E-state index is -1.02. The molecule has 31 heavy (non-hydrogen) atoms. The Bertz CT molecular complexity index is 1110.